The first kappa shape index (κ1) is 16.4. The summed E-state index contributed by atoms with van der Waals surface area (Å²) in [6.07, 6.45) is 1.55. The highest BCUT2D eigenvalue weighted by molar-refractivity contribution is 7.89. The monoisotopic (exact) mass is 317 g/mol. The molecule has 0 aromatic carbocycles. The Kier molecular flexibility index (Phi) is 5.03. The Balaban J connectivity index is 2.28. The van der Waals surface area contributed by atoms with Crippen LogP contribution in [0.5, 0.6) is 0 Å². The van der Waals surface area contributed by atoms with Crippen molar-refractivity contribution < 1.29 is 18.3 Å². The zero-order chi connectivity index (χ0) is 15.6. The van der Waals surface area contributed by atoms with Crippen LogP contribution in [0.15, 0.2) is 4.90 Å². The number of nitrogens with zero attached hydrogens (tertiary/aromatic N) is 3. The van der Waals surface area contributed by atoms with Gasteiger partial charge in [-0.15, -0.1) is 0 Å². The molecule has 1 aliphatic heterocycles. The molecular weight excluding hydrogens is 294 g/mol. The van der Waals surface area contributed by atoms with Crippen LogP contribution < -0.4 is 0 Å². The average molecular weight is 317 g/mol. The first-order chi connectivity index (χ1) is 9.91. The molecule has 8 heteroatoms. The molecule has 0 amide bonds. The van der Waals surface area contributed by atoms with Crippen LogP contribution in [-0.2, 0) is 21.3 Å². The van der Waals surface area contributed by atoms with Gasteiger partial charge in [-0.25, -0.2) is 8.42 Å². The summed E-state index contributed by atoms with van der Waals surface area (Å²) in [5.41, 5.74) is 1.06. The molecule has 1 aliphatic rings. The third-order valence-corrected chi connectivity index (χ3v) is 6.11. The van der Waals surface area contributed by atoms with Gasteiger partial charge in [-0.1, -0.05) is 0 Å². The molecule has 1 aromatic rings. The molecule has 2 heterocycles. The molecule has 0 saturated carbocycles. The number of hydrogen-bond donors (Lipinski definition) is 1. The highest BCUT2D eigenvalue weighted by atomic mass is 32.2. The van der Waals surface area contributed by atoms with Crippen molar-refractivity contribution in [3.63, 3.8) is 0 Å². The predicted molar refractivity (Wildman–Crippen MR) is 77.6 cm³/mol. The highest BCUT2D eigenvalue weighted by Crippen LogP contribution is 2.26. The SMILES string of the molecule is COC1CCN(S(=O)(=O)c2c(C)nn(CCO)c2C)CC1. The van der Waals surface area contributed by atoms with Gasteiger partial charge in [-0.05, 0) is 26.7 Å². The Labute approximate surface area is 125 Å². The van der Waals surface area contributed by atoms with Gasteiger partial charge in [0.05, 0.1) is 30.6 Å². The summed E-state index contributed by atoms with van der Waals surface area (Å²) >= 11 is 0. The number of aromatic nitrogens is 2. The van der Waals surface area contributed by atoms with Crippen LogP contribution in [0.3, 0.4) is 0 Å². The Morgan fingerprint density at radius 3 is 2.48 bits per heavy atom. The summed E-state index contributed by atoms with van der Waals surface area (Å²) < 4.78 is 33.9. The van der Waals surface area contributed by atoms with E-state index in [0.717, 1.165) is 0 Å². The summed E-state index contributed by atoms with van der Waals surface area (Å²) in [4.78, 5) is 0.270. The minimum Gasteiger partial charge on any atom is -0.394 e. The van der Waals surface area contributed by atoms with Crippen molar-refractivity contribution in [2.24, 2.45) is 0 Å². The highest BCUT2D eigenvalue weighted by Gasteiger charge is 2.33. The number of methoxy groups -OCH3 is 1. The number of aliphatic hydroxyl groups excluding tert-OH is 1. The third-order valence-electron chi connectivity index (χ3n) is 3.96. The lowest BCUT2D eigenvalue weighted by Crippen LogP contribution is -2.40. The lowest BCUT2D eigenvalue weighted by Gasteiger charge is -2.30. The van der Waals surface area contributed by atoms with Gasteiger partial charge in [0.2, 0.25) is 10.0 Å². The quantitative estimate of drug-likeness (QED) is 0.844. The average Bonchev–Trinajstić information content (AvgIpc) is 2.74. The molecule has 21 heavy (non-hydrogen) atoms. The summed E-state index contributed by atoms with van der Waals surface area (Å²) in [6, 6.07) is 0. The molecular formula is C13H23N3O4S. The number of aliphatic hydroxyl groups is 1. The van der Waals surface area contributed by atoms with Crippen molar-refractivity contribution in [1.29, 1.82) is 0 Å². The maximum Gasteiger partial charge on any atom is 0.246 e. The Morgan fingerprint density at radius 1 is 1.33 bits per heavy atom. The topological polar surface area (TPSA) is 84.7 Å². The minimum atomic E-state index is -3.54. The maximum absolute atomic E-state index is 12.8. The van der Waals surface area contributed by atoms with Gasteiger partial charge >= 0.3 is 0 Å². The van der Waals surface area contributed by atoms with Gasteiger partial charge in [0.1, 0.15) is 4.90 Å². The van der Waals surface area contributed by atoms with Crippen LogP contribution in [-0.4, -0.2) is 60.5 Å². The van der Waals surface area contributed by atoms with E-state index in [1.165, 1.54) is 4.31 Å². The molecule has 1 fully saturated rings. The van der Waals surface area contributed by atoms with Crippen LogP contribution in [0, 0.1) is 13.8 Å². The fourth-order valence-corrected chi connectivity index (χ4v) is 4.65. The van der Waals surface area contributed by atoms with Gasteiger partial charge in [0.15, 0.2) is 0 Å². The number of sulfonamides is 1. The molecule has 0 aliphatic carbocycles. The normalized spacial score (nSPS) is 18.3. The van der Waals surface area contributed by atoms with E-state index in [0.29, 0.717) is 43.9 Å². The molecule has 120 valence electrons. The van der Waals surface area contributed by atoms with Crippen molar-refractivity contribution in [2.75, 3.05) is 26.8 Å². The van der Waals surface area contributed by atoms with Crippen molar-refractivity contribution in [3.05, 3.63) is 11.4 Å². The van der Waals surface area contributed by atoms with E-state index in [1.54, 1.807) is 25.6 Å². The number of ether oxygens (including phenoxy) is 1. The van der Waals surface area contributed by atoms with E-state index < -0.39 is 10.0 Å². The first-order valence-corrected chi connectivity index (χ1v) is 8.53. The van der Waals surface area contributed by atoms with Crippen LogP contribution >= 0.6 is 0 Å². The summed E-state index contributed by atoms with van der Waals surface area (Å²) in [5, 5.41) is 13.2. The number of rotatable bonds is 5. The van der Waals surface area contributed by atoms with Crippen molar-refractivity contribution in [3.8, 4) is 0 Å². The van der Waals surface area contributed by atoms with Gasteiger partial charge < -0.3 is 9.84 Å². The van der Waals surface area contributed by atoms with Crippen molar-refractivity contribution >= 4 is 10.0 Å². The fourth-order valence-electron chi connectivity index (χ4n) is 2.80. The van der Waals surface area contributed by atoms with E-state index in [2.05, 4.69) is 5.10 Å². The molecule has 0 atom stereocenters. The predicted octanol–water partition coefficient (Wildman–Crippen LogP) is 0.292. The second kappa shape index (κ2) is 6.43. The van der Waals surface area contributed by atoms with Gasteiger partial charge in [0, 0.05) is 20.2 Å². The molecule has 1 saturated heterocycles. The third kappa shape index (κ3) is 3.13. The minimum absolute atomic E-state index is 0.0688. The maximum atomic E-state index is 12.8. The van der Waals surface area contributed by atoms with E-state index in [-0.39, 0.29) is 17.6 Å². The van der Waals surface area contributed by atoms with E-state index in [9.17, 15) is 8.42 Å². The molecule has 2 rings (SSSR count). The number of hydrogen-bond acceptors (Lipinski definition) is 5. The molecule has 0 spiro atoms. The van der Waals surface area contributed by atoms with Gasteiger partial charge in [-0.3, -0.25) is 4.68 Å². The molecule has 1 aromatic heterocycles. The lowest BCUT2D eigenvalue weighted by molar-refractivity contribution is 0.0604. The number of piperidine rings is 1. The van der Waals surface area contributed by atoms with Crippen molar-refractivity contribution in [2.45, 2.75) is 44.2 Å². The first-order valence-electron chi connectivity index (χ1n) is 7.09. The molecule has 1 N–H and O–H groups in total. The summed E-state index contributed by atoms with van der Waals surface area (Å²) in [5.74, 6) is 0. The largest absolute Gasteiger partial charge is 0.394 e. The summed E-state index contributed by atoms with van der Waals surface area (Å²) in [7, 11) is -1.88. The Hall–Kier alpha value is -0.960. The van der Waals surface area contributed by atoms with E-state index >= 15 is 0 Å². The van der Waals surface area contributed by atoms with Gasteiger partial charge in [-0.2, -0.15) is 9.40 Å². The Morgan fingerprint density at radius 2 is 1.95 bits per heavy atom. The van der Waals surface area contributed by atoms with Crippen molar-refractivity contribution in [1.82, 2.24) is 14.1 Å². The Bertz CT molecular complexity index is 589. The zero-order valence-electron chi connectivity index (χ0n) is 12.7. The van der Waals surface area contributed by atoms with E-state index in [4.69, 9.17) is 9.84 Å². The zero-order valence-corrected chi connectivity index (χ0v) is 13.6. The molecule has 7 nitrogen and oxygen atoms in total. The fraction of sp³-hybridized carbons (Fsp3) is 0.769. The van der Waals surface area contributed by atoms with Crippen LogP contribution in [0.25, 0.3) is 0 Å². The molecule has 0 bridgehead atoms. The second-order valence-electron chi connectivity index (χ2n) is 5.29. The molecule has 0 unspecified atom stereocenters. The number of aryl methyl sites for hydroxylation is 1. The smallest absolute Gasteiger partial charge is 0.246 e. The van der Waals surface area contributed by atoms with Crippen LogP contribution in [0.2, 0.25) is 0 Å². The lowest BCUT2D eigenvalue weighted by atomic mass is 10.1. The molecule has 0 radical (unpaired) electrons. The summed E-state index contributed by atoms with van der Waals surface area (Å²) in [6.45, 7) is 4.57. The van der Waals surface area contributed by atoms with Crippen LogP contribution in [0.4, 0.5) is 0 Å². The van der Waals surface area contributed by atoms with Crippen LogP contribution in [0.1, 0.15) is 24.2 Å². The second-order valence-corrected chi connectivity index (χ2v) is 7.16. The van der Waals surface area contributed by atoms with Gasteiger partial charge in [0.25, 0.3) is 0 Å². The van der Waals surface area contributed by atoms with E-state index in [1.807, 2.05) is 0 Å². The standard InChI is InChI=1S/C13H23N3O4S/c1-10-13(11(2)16(14-10)8-9-17)21(18,19)15-6-4-12(20-3)5-7-15/h12,17H,4-9H2,1-3H3.